The number of halogens is 2. The van der Waals surface area contributed by atoms with Crippen LogP contribution in [0.3, 0.4) is 0 Å². The number of para-hydroxylation sites is 1. The zero-order chi connectivity index (χ0) is 20.4. The second-order valence-corrected chi connectivity index (χ2v) is 8.37. The van der Waals surface area contributed by atoms with Crippen molar-refractivity contribution in [3.63, 3.8) is 0 Å². The second kappa shape index (κ2) is 6.44. The number of imide groups is 1. The number of fused-ring (bicyclic) bond motifs is 5. The van der Waals surface area contributed by atoms with Crippen LogP contribution in [0, 0.1) is 11.8 Å². The molecule has 4 atom stereocenters. The summed E-state index contributed by atoms with van der Waals surface area (Å²) in [4.78, 5) is 42.6. The lowest BCUT2D eigenvalue weighted by molar-refractivity contribution is -0.126. The first-order valence-electron chi connectivity index (χ1n) is 9.29. The molecule has 3 aliphatic heterocycles. The first kappa shape index (κ1) is 18.4. The highest BCUT2D eigenvalue weighted by molar-refractivity contribution is 6.38. The average Bonchev–Trinajstić information content (AvgIpc) is 3.16. The van der Waals surface area contributed by atoms with Gasteiger partial charge in [0.1, 0.15) is 6.04 Å². The van der Waals surface area contributed by atoms with Gasteiger partial charge in [-0.25, -0.2) is 4.90 Å². The first-order chi connectivity index (χ1) is 13.9. The van der Waals surface area contributed by atoms with Gasteiger partial charge < -0.3 is 4.90 Å². The standard InChI is InChI=1S/C22H16Cl2N2O3/c1-11(27)20-19-18(17-8-6-12-4-2-3-5-15(12)25(17)20)21(28)26(22(19)29)16-9-7-13(23)10-14(16)24/h2-10,17-20H,1H3/t17-,18-,19-,20+/m1/s1. The number of carbonyl (C=O) groups is 3. The highest BCUT2D eigenvalue weighted by atomic mass is 35.5. The van der Waals surface area contributed by atoms with Crippen LogP contribution in [0.15, 0.2) is 48.5 Å². The Labute approximate surface area is 177 Å². The number of hydrogen-bond donors (Lipinski definition) is 0. The van der Waals surface area contributed by atoms with Gasteiger partial charge in [0.05, 0.1) is 28.6 Å². The molecule has 2 saturated heterocycles. The summed E-state index contributed by atoms with van der Waals surface area (Å²) in [5.41, 5.74) is 2.13. The van der Waals surface area contributed by atoms with E-state index in [1.165, 1.54) is 13.0 Å². The van der Waals surface area contributed by atoms with Crippen molar-refractivity contribution >= 4 is 58.3 Å². The van der Waals surface area contributed by atoms with Crippen LogP contribution < -0.4 is 9.80 Å². The van der Waals surface area contributed by atoms with Gasteiger partial charge in [0.15, 0.2) is 5.78 Å². The van der Waals surface area contributed by atoms with Gasteiger partial charge in [0.2, 0.25) is 11.8 Å². The van der Waals surface area contributed by atoms with Crippen LogP contribution in [0.5, 0.6) is 0 Å². The summed E-state index contributed by atoms with van der Waals surface area (Å²) >= 11 is 12.2. The lowest BCUT2D eigenvalue weighted by atomic mass is 9.88. The number of amides is 2. The quantitative estimate of drug-likeness (QED) is 0.681. The normalized spacial score (nSPS) is 27.1. The Hall–Kier alpha value is -2.63. The molecule has 2 amide bonds. The minimum atomic E-state index is -0.757. The molecule has 0 aliphatic carbocycles. The molecule has 0 bridgehead atoms. The smallest absolute Gasteiger partial charge is 0.240 e. The number of ketones is 1. The van der Waals surface area contributed by atoms with E-state index < -0.39 is 23.8 Å². The Morgan fingerprint density at radius 3 is 2.41 bits per heavy atom. The van der Waals surface area contributed by atoms with E-state index in [0.717, 1.165) is 16.2 Å². The SMILES string of the molecule is CC(=O)[C@H]1[C@@H]2C(=O)N(c3ccc(Cl)cc3Cl)C(=O)[C@@H]2[C@H]2C=Cc3ccccc3N21. The van der Waals surface area contributed by atoms with Gasteiger partial charge in [-0.1, -0.05) is 53.6 Å². The van der Waals surface area contributed by atoms with E-state index in [0.29, 0.717) is 10.7 Å². The molecular formula is C22H16Cl2N2O3. The number of Topliss-reactive ketones (excluding diaryl/α,β-unsaturated/α-hetero) is 1. The van der Waals surface area contributed by atoms with Crippen molar-refractivity contribution in [1.29, 1.82) is 0 Å². The average molecular weight is 427 g/mol. The Bertz CT molecular complexity index is 1110. The molecule has 7 heteroatoms. The molecule has 0 saturated carbocycles. The van der Waals surface area contributed by atoms with E-state index >= 15 is 0 Å². The zero-order valence-corrected chi connectivity index (χ0v) is 16.9. The second-order valence-electron chi connectivity index (χ2n) is 7.53. The monoisotopic (exact) mass is 426 g/mol. The predicted octanol–water partition coefficient (Wildman–Crippen LogP) is 3.97. The fourth-order valence-corrected chi connectivity index (χ4v) is 5.37. The predicted molar refractivity (Wildman–Crippen MR) is 112 cm³/mol. The van der Waals surface area contributed by atoms with Crippen molar-refractivity contribution in [2.45, 2.75) is 19.0 Å². The van der Waals surface area contributed by atoms with Gasteiger partial charge in [0, 0.05) is 10.7 Å². The molecule has 5 nitrogen and oxygen atoms in total. The maximum atomic E-state index is 13.4. The Balaban J connectivity index is 1.63. The number of hydrogen-bond acceptors (Lipinski definition) is 4. The summed E-state index contributed by atoms with van der Waals surface area (Å²) in [5, 5.41) is 0.637. The lowest BCUT2D eigenvalue weighted by Gasteiger charge is -2.36. The number of benzene rings is 2. The van der Waals surface area contributed by atoms with E-state index in [4.69, 9.17) is 23.2 Å². The summed E-state index contributed by atoms with van der Waals surface area (Å²) in [6, 6.07) is 11.3. The zero-order valence-electron chi connectivity index (χ0n) is 15.4. The van der Waals surface area contributed by atoms with E-state index in [2.05, 4.69) is 0 Å². The minimum Gasteiger partial charge on any atom is -0.353 e. The van der Waals surface area contributed by atoms with E-state index in [-0.39, 0.29) is 22.8 Å². The maximum absolute atomic E-state index is 13.4. The third kappa shape index (κ3) is 2.51. The van der Waals surface area contributed by atoms with Gasteiger partial charge in [0.25, 0.3) is 0 Å². The molecular weight excluding hydrogens is 411 g/mol. The van der Waals surface area contributed by atoms with E-state index in [1.54, 1.807) is 12.1 Å². The van der Waals surface area contributed by atoms with Crippen molar-refractivity contribution in [2.24, 2.45) is 11.8 Å². The van der Waals surface area contributed by atoms with E-state index in [9.17, 15) is 14.4 Å². The Morgan fingerprint density at radius 2 is 1.69 bits per heavy atom. The van der Waals surface area contributed by atoms with Crippen molar-refractivity contribution in [3.05, 3.63) is 64.1 Å². The third-order valence-corrected chi connectivity index (χ3v) is 6.52. The van der Waals surface area contributed by atoms with Crippen LogP contribution in [0.25, 0.3) is 6.08 Å². The topological polar surface area (TPSA) is 57.7 Å². The third-order valence-electron chi connectivity index (χ3n) is 5.98. The Morgan fingerprint density at radius 1 is 0.966 bits per heavy atom. The van der Waals surface area contributed by atoms with Crippen molar-refractivity contribution in [2.75, 3.05) is 9.80 Å². The van der Waals surface area contributed by atoms with Crippen LogP contribution in [0.4, 0.5) is 11.4 Å². The molecule has 0 spiro atoms. The van der Waals surface area contributed by atoms with E-state index in [1.807, 2.05) is 41.3 Å². The molecule has 0 N–H and O–H groups in total. The molecule has 2 aromatic rings. The summed E-state index contributed by atoms with van der Waals surface area (Å²) in [7, 11) is 0. The van der Waals surface area contributed by atoms with Crippen LogP contribution in [0.1, 0.15) is 12.5 Å². The van der Waals surface area contributed by atoms with Gasteiger partial charge in [-0.05, 0) is 36.8 Å². The molecule has 0 aromatic heterocycles. The molecule has 0 radical (unpaired) electrons. The highest BCUT2D eigenvalue weighted by Crippen LogP contribution is 2.49. The summed E-state index contributed by atoms with van der Waals surface area (Å²) in [6.45, 7) is 1.47. The maximum Gasteiger partial charge on any atom is 0.240 e. The van der Waals surface area contributed by atoms with Gasteiger partial charge >= 0.3 is 0 Å². The van der Waals surface area contributed by atoms with Crippen LogP contribution in [-0.2, 0) is 14.4 Å². The van der Waals surface area contributed by atoms with Crippen LogP contribution >= 0.6 is 23.2 Å². The molecule has 3 aliphatic rings. The molecule has 2 aromatic carbocycles. The number of anilines is 2. The lowest BCUT2D eigenvalue weighted by Crippen LogP contribution is -2.48. The number of nitrogens with zero attached hydrogens (tertiary/aromatic N) is 2. The molecule has 2 fully saturated rings. The van der Waals surface area contributed by atoms with Crippen LogP contribution in [0.2, 0.25) is 10.0 Å². The van der Waals surface area contributed by atoms with Crippen molar-refractivity contribution in [1.82, 2.24) is 0 Å². The number of carbonyl (C=O) groups excluding carboxylic acids is 3. The molecule has 0 unspecified atom stereocenters. The van der Waals surface area contributed by atoms with Gasteiger partial charge in [-0.15, -0.1) is 0 Å². The van der Waals surface area contributed by atoms with Crippen molar-refractivity contribution in [3.8, 4) is 0 Å². The molecule has 5 rings (SSSR count). The van der Waals surface area contributed by atoms with Crippen LogP contribution in [-0.4, -0.2) is 29.7 Å². The first-order valence-corrected chi connectivity index (χ1v) is 10.0. The van der Waals surface area contributed by atoms with Gasteiger partial charge in [-0.3, -0.25) is 14.4 Å². The molecule has 29 heavy (non-hydrogen) atoms. The number of rotatable bonds is 2. The van der Waals surface area contributed by atoms with Crippen molar-refractivity contribution < 1.29 is 14.4 Å². The highest BCUT2D eigenvalue weighted by Gasteiger charge is 2.63. The minimum absolute atomic E-state index is 0.141. The fourth-order valence-electron chi connectivity index (χ4n) is 4.87. The molecule has 3 heterocycles. The molecule has 146 valence electrons. The summed E-state index contributed by atoms with van der Waals surface area (Å²) in [6.07, 6.45) is 3.87. The van der Waals surface area contributed by atoms with Gasteiger partial charge in [-0.2, -0.15) is 0 Å². The largest absolute Gasteiger partial charge is 0.353 e. The summed E-state index contributed by atoms with van der Waals surface area (Å²) in [5.74, 6) is -2.28. The summed E-state index contributed by atoms with van der Waals surface area (Å²) < 4.78 is 0. The fraction of sp³-hybridized carbons (Fsp3) is 0.227. The Kier molecular flexibility index (Phi) is 4.09.